The molecule has 0 spiro atoms. The second-order valence-electron chi connectivity index (χ2n) is 35.2. The summed E-state index contributed by atoms with van der Waals surface area (Å²) in [5.41, 5.74) is 0. The van der Waals surface area contributed by atoms with E-state index in [1.165, 1.54) is 0 Å². The van der Waals surface area contributed by atoms with Gasteiger partial charge in [0.2, 0.25) is 11.8 Å². The van der Waals surface area contributed by atoms with E-state index >= 15 is 0 Å². The maximum absolute atomic E-state index is 13.2. The van der Waals surface area contributed by atoms with Gasteiger partial charge in [-0.3, -0.25) is 9.59 Å². The van der Waals surface area contributed by atoms with Gasteiger partial charge in [0, 0.05) is 13.8 Å². The molecule has 12 rings (SSSR count). The van der Waals surface area contributed by atoms with Crippen LogP contribution in [0.2, 0.25) is 0 Å². The molecule has 63 heteroatoms. The Morgan fingerprint density at radius 1 is 0.187 bits per heavy atom. The molecule has 0 bridgehead atoms. The zero-order chi connectivity index (χ0) is 102. The molecular weight excluding hydrogens is 1920 g/mol. The molecule has 808 valence electrons. The number of ether oxygens (including phenoxy) is 23. The first-order valence-corrected chi connectivity index (χ1v) is 44.2. The van der Waals surface area contributed by atoms with E-state index in [0.717, 1.165) is 13.8 Å². The number of carbonyl (C=O) groups is 2. The molecular formula is C76H128N2O61. The Kier molecular flexibility index (Phi) is 41.0. The first-order chi connectivity index (χ1) is 65.9. The van der Waals surface area contributed by atoms with Crippen molar-refractivity contribution in [3.05, 3.63) is 0 Å². The number of rotatable bonds is 36. The van der Waals surface area contributed by atoms with Gasteiger partial charge in [-0.25, -0.2) is 0 Å². The quantitative estimate of drug-likeness (QED) is 0.0277. The lowest BCUT2D eigenvalue weighted by molar-refractivity contribution is -0.409. The minimum Gasteiger partial charge on any atom is -0.394 e. The van der Waals surface area contributed by atoms with Gasteiger partial charge in [-0.05, 0) is 0 Å². The molecule has 0 radical (unpaired) electrons. The number of hydrogen-bond donors (Lipinski definition) is 38. The lowest BCUT2D eigenvalue weighted by Crippen LogP contribution is -2.70. The van der Waals surface area contributed by atoms with Gasteiger partial charge in [0.15, 0.2) is 75.5 Å². The fourth-order valence-electron chi connectivity index (χ4n) is 17.9. The predicted molar refractivity (Wildman–Crippen MR) is 418 cm³/mol. The van der Waals surface area contributed by atoms with Crippen molar-refractivity contribution in [2.75, 3.05) is 79.3 Å². The third-order valence-corrected chi connectivity index (χ3v) is 25.9. The summed E-state index contributed by atoms with van der Waals surface area (Å²) in [6.45, 7) is -12.5. The molecule has 0 aliphatic carbocycles. The van der Waals surface area contributed by atoms with Crippen LogP contribution in [-0.4, -0.2) is 643 Å². The molecule has 0 aromatic carbocycles. The van der Waals surface area contributed by atoms with Crippen molar-refractivity contribution in [2.24, 2.45) is 0 Å². The van der Waals surface area contributed by atoms with Crippen molar-refractivity contribution in [3.63, 3.8) is 0 Å². The molecule has 60 atom stereocenters. The van der Waals surface area contributed by atoms with Gasteiger partial charge in [0.25, 0.3) is 0 Å². The fraction of sp³-hybridized carbons (Fsp3) is 0.974. The van der Waals surface area contributed by atoms with Gasteiger partial charge in [-0.1, -0.05) is 0 Å². The van der Waals surface area contributed by atoms with E-state index in [1.54, 1.807) is 0 Å². The Balaban J connectivity index is 0.912. The van der Waals surface area contributed by atoms with Crippen molar-refractivity contribution in [3.8, 4) is 0 Å². The Bertz CT molecular complexity index is 3730. The first kappa shape index (κ1) is 114. The van der Waals surface area contributed by atoms with E-state index in [9.17, 15) is 193 Å². The zero-order valence-electron chi connectivity index (χ0n) is 73.4. The molecule has 12 aliphatic heterocycles. The van der Waals surface area contributed by atoms with Crippen LogP contribution in [0.3, 0.4) is 0 Å². The SMILES string of the molecule is CC(=O)N[C@@H]1[C@@H](O)[C@H](O[C@@H]2O[C@H](CO)[C@@H](O[C@@H]3O[C@H](CO[C@H]4O[C@H](CO[C@H]5O[C@H](CO)[C@@H](O)[C@H](O)[C@@H]5O[C@H]5O[C@H](CO)[C@@H](O)[C@H](O)[C@@H]5O[C@H]5O[C@H](CO)[C@H](O)[C@H](O)[C@H]5O)[C@@H](O)[C@H](O[C@H]5O[C@H](CO)[C@@H](O)[C@H](O)[C@@H]5O[C@H]5O[C@H](CO)[C@@H](O)[C@H](O)[C@@H]5O)[C@@H]4O)[C@@H](O)[C@H](O[C@H]4O[C@H](CO)[C@@H](O)[C@H](O)[C@@H]4O[C@H]4O[C@H](CO)[C@@H](O)[C@H](O)[C@@H]4O[C@H]4O[C@H](CO)[C@@H](O)[C@H](O)[C@H]4O)[C@@H]3O)[C@H](O)[C@H]2NC(C)=O)[C@@H](CO)O[C@H]1O. The largest absolute Gasteiger partial charge is 0.394 e. The predicted octanol–water partition coefficient (Wildman–Crippen LogP) is -26.9. The fourth-order valence-corrected chi connectivity index (χ4v) is 17.9. The summed E-state index contributed by atoms with van der Waals surface area (Å²) in [4.78, 5) is 25.5. The normalized spacial score (nSPS) is 51.9. The van der Waals surface area contributed by atoms with Gasteiger partial charge >= 0.3 is 0 Å². The number of hydrogen-bond acceptors (Lipinski definition) is 61. The second-order valence-corrected chi connectivity index (χ2v) is 35.2. The van der Waals surface area contributed by atoms with Gasteiger partial charge in [0.1, 0.15) is 293 Å². The number of aliphatic hydroxyl groups excluding tert-OH is 36. The molecule has 0 aromatic heterocycles. The van der Waals surface area contributed by atoms with E-state index in [0.29, 0.717) is 0 Å². The maximum Gasteiger partial charge on any atom is 0.217 e. The van der Waals surface area contributed by atoms with Crippen LogP contribution in [0.4, 0.5) is 0 Å². The lowest BCUT2D eigenvalue weighted by Gasteiger charge is -2.51. The zero-order valence-corrected chi connectivity index (χ0v) is 73.4. The van der Waals surface area contributed by atoms with E-state index in [4.69, 9.17) is 109 Å². The van der Waals surface area contributed by atoms with Crippen LogP contribution in [-0.2, 0) is 119 Å². The standard InChI is InChI=1S/C76H128N2O61/c1-15(89)77-29-41(101)56(25(11-87)119-65(29)116)131-66-30(78-16(2)90)42(102)57(26(12-88)128-66)132-71-55(115)59(134-74-64(50(110)38(98)22(8-84)125-74)139-76-63(49(109)37(97)24(10-86)127-76)137-70-53(113)45(105)33(93)19(5-81)122-70)40(100)28(130-71)13-117-67-54(114)58(133-73-61(47(107)35(95)21(7-83)124-73)135-68-51(111)43(103)31(91)17(3-79)120-68)39(99)27(129-67)14-118-72-60(46(106)34(94)20(6-82)123-72)138-75-62(48(108)36(96)23(9-85)126-75)136-69-52(112)44(104)32(92)18(4-80)121-69/h17-76,79-88,91-116H,3-14H2,1-2H3,(H,77,89)(H,78,90)/t17-,18-,19-,20-,21-,22-,23-,24-,25-,26-,27-,28-,29-,30-,31-,32+,33-,34-,35-,36-,37-,38-,39-,40-,41-,42-,43+,44+,45+,46+,47+,48+,49+,50+,51+,52-,53-,54+,55+,56-,57-,58+,59+,60+,61+,62+,63+,64+,65-,66+,67+,68-,69-,70-,71+,72+,73-,74-,75-,76-/m1/s1. The van der Waals surface area contributed by atoms with E-state index in [2.05, 4.69) is 10.6 Å². The average Bonchev–Trinajstić information content (AvgIpc) is 0.758. The van der Waals surface area contributed by atoms with Crippen LogP contribution < -0.4 is 10.6 Å². The van der Waals surface area contributed by atoms with Crippen molar-refractivity contribution >= 4 is 11.8 Å². The molecule has 0 aromatic rings. The van der Waals surface area contributed by atoms with Gasteiger partial charge in [0.05, 0.1) is 79.3 Å². The number of amides is 2. The van der Waals surface area contributed by atoms with Crippen molar-refractivity contribution < 1.29 is 302 Å². The van der Waals surface area contributed by atoms with Crippen LogP contribution in [0.15, 0.2) is 0 Å². The minimum atomic E-state index is -2.73. The molecule has 12 aliphatic rings. The molecule has 139 heavy (non-hydrogen) atoms. The Labute approximate surface area is 784 Å². The average molecular weight is 2050 g/mol. The molecule has 63 nitrogen and oxygen atoms in total. The molecule has 38 N–H and O–H groups in total. The van der Waals surface area contributed by atoms with Crippen molar-refractivity contribution in [1.29, 1.82) is 0 Å². The highest BCUT2D eigenvalue weighted by Gasteiger charge is 2.64. The summed E-state index contributed by atoms with van der Waals surface area (Å²) in [7, 11) is 0. The first-order valence-electron chi connectivity index (χ1n) is 44.2. The molecule has 12 heterocycles. The topological polar surface area (TPSA) is 999 Å². The highest BCUT2D eigenvalue weighted by Crippen LogP contribution is 2.43. The molecule has 12 saturated heterocycles. The van der Waals surface area contributed by atoms with Crippen LogP contribution in [0.1, 0.15) is 13.8 Å². The van der Waals surface area contributed by atoms with Crippen LogP contribution in [0, 0.1) is 0 Å². The monoisotopic (exact) mass is 2040 g/mol. The molecule has 12 fully saturated rings. The summed E-state index contributed by atoms with van der Waals surface area (Å²) in [5.74, 6) is -1.86. The smallest absolute Gasteiger partial charge is 0.217 e. The third-order valence-electron chi connectivity index (χ3n) is 25.9. The molecule has 2 amide bonds. The molecule has 0 unspecified atom stereocenters. The van der Waals surface area contributed by atoms with Crippen LogP contribution in [0.5, 0.6) is 0 Å². The second kappa shape index (κ2) is 49.8. The van der Waals surface area contributed by atoms with E-state index in [1.807, 2.05) is 0 Å². The Morgan fingerprint density at radius 2 is 0.396 bits per heavy atom. The lowest BCUT2D eigenvalue weighted by atomic mass is 9.94. The summed E-state index contributed by atoms with van der Waals surface area (Å²) in [6, 6.07) is -3.76. The Hall–Kier alpha value is -3.42. The van der Waals surface area contributed by atoms with E-state index in [-0.39, 0.29) is 0 Å². The van der Waals surface area contributed by atoms with Crippen molar-refractivity contribution in [1.82, 2.24) is 10.6 Å². The summed E-state index contributed by atoms with van der Waals surface area (Å²) in [6.07, 6.45) is -131. The number of carbonyl (C=O) groups excluding carboxylic acids is 2. The highest BCUT2D eigenvalue weighted by atomic mass is 16.8. The number of nitrogens with one attached hydrogen (secondary N) is 2. The Morgan fingerprint density at radius 3 is 0.712 bits per heavy atom. The van der Waals surface area contributed by atoms with E-state index < -0.39 is 459 Å². The summed E-state index contributed by atoms with van der Waals surface area (Å²) >= 11 is 0. The van der Waals surface area contributed by atoms with Crippen LogP contribution >= 0.6 is 0 Å². The van der Waals surface area contributed by atoms with Gasteiger partial charge in [-0.15, -0.1) is 0 Å². The maximum atomic E-state index is 13.2. The van der Waals surface area contributed by atoms with Gasteiger partial charge < -0.3 is 303 Å². The summed E-state index contributed by atoms with van der Waals surface area (Å²) < 4.78 is 136. The molecule has 0 saturated carbocycles. The van der Waals surface area contributed by atoms with Crippen LogP contribution in [0.25, 0.3) is 0 Å². The number of aliphatic hydroxyl groups is 36. The third kappa shape index (κ3) is 24.5. The highest BCUT2D eigenvalue weighted by molar-refractivity contribution is 5.73. The van der Waals surface area contributed by atoms with Crippen molar-refractivity contribution in [2.45, 2.75) is 382 Å². The van der Waals surface area contributed by atoms with Gasteiger partial charge in [-0.2, -0.15) is 0 Å². The summed E-state index contributed by atoms with van der Waals surface area (Å²) in [5, 5.41) is 408. The minimum absolute atomic E-state index is 0.838.